The summed E-state index contributed by atoms with van der Waals surface area (Å²) >= 11 is 6.97. The Morgan fingerprint density at radius 1 is 0.933 bits per heavy atom. The molecule has 0 aliphatic carbocycles. The van der Waals surface area contributed by atoms with Gasteiger partial charge < -0.3 is 15.3 Å². The number of rotatable bonds is 2. The Balaban J connectivity index is 0.000000161. The number of nitrogens with zero attached hydrogens (tertiary/aromatic N) is 6. The Morgan fingerprint density at radius 2 is 1.67 bits per heavy atom. The maximum atomic E-state index is 11.4. The van der Waals surface area contributed by atoms with Crippen LogP contribution in [0.5, 0.6) is 0 Å². The average molecular weight is 438 g/mol. The highest BCUT2D eigenvalue weighted by Gasteiger charge is 2.19. The van der Waals surface area contributed by atoms with Gasteiger partial charge >= 0.3 is 0 Å². The van der Waals surface area contributed by atoms with Gasteiger partial charge in [0, 0.05) is 17.0 Å². The van der Waals surface area contributed by atoms with Crippen molar-refractivity contribution in [2.75, 3.05) is 5.32 Å². The number of H-pyrrole nitrogens is 2. The third kappa shape index (κ3) is 3.55. The van der Waals surface area contributed by atoms with Crippen LogP contribution >= 0.6 is 23.4 Å². The van der Waals surface area contributed by atoms with Crippen molar-refractivity contribution in [1.82, 2.24) is 39.9 Å². The first-order valence-electron chi connectivity index (χ1n) is 8.71. The first-order valence-corrected chi connectivity index (χ1v) is 9.91. The number of halogens is 1. The van der Waals surface area contributed by atoms with Gasteiger partial charge in [-0.25, -0.2) is 29.9 Å². The van der Waals surface area contributed by atoms with E-state index in [2.05, 4.69) is 45.2 Å². The van der Waals surface area contributed by atoms with Crippen LogP contribution in [0, 0.1) is 0 Å². The monoisotopic (exact) mass is 437 g/mol. The molecule has 148 valence electrons. The second-order valence-electron chi connectivity index (χ2n) is 6.19. The summed E-state index contributed by atoms with van der Waals surface area (Å²) in [4.78, 5) is 42.2. The number of carbonyl (C=O) groups is 1. The fraction of sp³-hybridized carbons (Fsp3) is 0.0556. The number of fused-ring (bicyclic) bond motifs is 3. The highest BCUT2D eigenvalue weighted by molar-refractivity contribution is 8.14. The highest BCUT2D eigenvalue weighted by atomic mass is 35.5. The third-order valence-corrected chi connectivity index (χ3v) is 5.55. The fourth-order valence-corrected chi connectivity index (χ4v) is 4.03. The zero-order valence-corrected chi connectivity index (χ0v) is 16.7. The second kappa shape index (κ2) is 7.69. The van der Waals surface area contributed by atoms with Gasteiger partial charge in [0.25, 0.3) is 0 Å². The van der Waals surface area contributed by atoms with Crippen LogP contribution in [-0.2, 0) is 11.2 Å². The zero-order valence-electron chi connectivity index (χ0n) is 15.1. The predicted octanol–water partition coefficient (Wildman–Crippen LogP) is 3.28. The van der Waals surface area contributed by atoms with Crippen LogP contribution in [-0.4, -0.2) is 45.0 Å². The summed E-state index contributed by atoms with van der Waals surface area (Å²) in [5.41, 5.74) is 4.63. The summed E-state index contributed by atoms with van der Waals surface area (Å²) in [6.45, 7) is 0. The Kier molecular flexibility index (Phi) is 4.73. The maximum absolute atomic E-state index is 11.4. The minimum absolute atomic E-state index is 0.190. The molecule has 5 aromatic rings. The van der Waals surface area contributed by atoms with Gasteiger partial charge in [0.05, 0.1) is 12.7 Å². The molecule has 4 aromatic heterocycles. The van der Waals surface area contributed by atoms with Crippen molar-refractivity contribution in [2.45, 2.75) is 11.3 Å². The van der Waals surface area contributed by atoms with Crippen LogP contribution in [0.1, 0.15) is 5.56 Å². The number of imidazole rings is 2. The number of anilines is 2. The summed E-state index contributed by atoms with van der Waals surface area (Å²) in [6.07, 6.45) is 6.48. The van der Waals surface area contributed by atoms with E-state index in [4.69, 9.17) is 11.6 Å². The minimum atomic E-state index is 0.190. The quantitative estimate of drug-likeness (QED) is 0.355. The van der Waals surface area contributed by atoms with Gasteiger partial charge in [-0.15, -0.1) is 0 Å². The number of aromatic nitrogens is 8. The van der Waals surface area contributed by atoms with Crippen molar-refractivity contribution < 1.29 is 4.79 Å². The molecule has 5 heterocycles. The molecule has 0 atom stereocenters. The predicted molar refractivity (Wildman–Crippen MR) is 113 cm³/mol. The van der Waals surface area contributed by atoms with E-state index in [9.17, 15) is 4.79 Å². The molecule has 1 aromatic carbocycles. The van der Waals surface area contributed by atoms with Crippen molar-refractivity contribution >= 4 is 62.3 Å². The van der Waals surface area contributed by atoms with Crippen molar-refractivity contribution in [3.05, 3.63) is 54.2 Å². The molecule has 0 fully saturated rings. The number of nitrogens with one attached hydrogen (secondary N) is 3. The lowest BCUT2D eigenvalue weighted by Crippen LogP contribution is -1.96. The van der Waals surface area contributed by atoms with Crippen LogP contribution in [0.4, 0.5) is 11.5 Å². The van der Waals surface area contributed by atoms with E-state index in [1.807, 2.05) is 18.2 Å². The largest absolute Gasteiger partial charge is 0.341 e. The standard InChI is InChI=1S/C13H9N5OS.C5H3ClN4/c19-10-3-7-1-2-8(4-9(7)20-10)18-13-11-12(15-5-14-11)16-6-17-13;6-4-3-5(9-1-7-3)10-2-8-4/h1-2,4-6H,3H2,(H2,14,15,16,17,18);1-2H,(H,7,8,9,10). The fourth-order valence-electron chi connectivity index (χ4n) is 2.92. The summed E-state index contributed by atoms with van der Waals surface area (Å²) < 4.78 is 0. The molecule has 1 aliphatic rings. The van der Waals surface area contributed by atoms with Crippen molar-refractivity contribution in [1.29, 1.82) is 0 Å². The molecule has 6 rings (SSSR count). The van der Waals surface area contributed by atoms with Gasteiger partial charge in [0.2, 0.25) is 0 Å². The number of benzene rings is 1. The molecular weight excluding hydrogens is 426 g/mol. The summed E-state index contributed by atoms with van der Waals surface area (Å²) in [6, 6.07) is 5.89. The van der Waals surface area contributed by atoms with Gasteiger partial charge in [-0.3, -0.25) is 4.79 Å². The van der Waals surface area contributed by atoms with E-state index in [1.54, 1.807) is 6.33 Å². The molecule has 3 N–H and O–H groups in total. The Labute approximate surface area is 178 Å². The second-order valence-corrected chi connectivity index (χ2v) is 7.64. The molecule has 0 unspecified atom stereocenters. The third-order valence-electron chi connectivity index (χ3n) is 4.29. The van der Waals surface area contributed by atoms with Crippen LogP contribution in [0.3, 0.4) is 0 Å². The lowest BCUT2D eigenvalue weighted by atomic mass is 10.1. The summed E-state index contributed by atoms with van der Waals surface area (Å²) in [5.74, 6) is 0.668. The first kappa shape index (κ1) is 18.5. The number of hydrogen-bond donors (Lipinski definition) is 3. The maximum Gasteiger partial charge on any atom is 0.198 e. The van der Waals surface area contributed by atoms with Crippen LogP contribution in [0.25, 0.3) is 22.3 Å². The number of aromatic amines is 2. The molecule has 0 saturated carbocycles. The summed E-state index contributed by atoms with van der Waals surface area (Å²) in [5, 5.41) is 3.83. The van der Waals surface area contributed by atoms with E-state index in [1.165, 1.54) is 30.7 Å². The normalized spacial score (nSPS) is 12.6. The van der Waals surface area contributed by atoms with Gasteiger partial charge in [-0.1, -0.05) is 29.4 Å². The van der Waals surface area contributed by atoms with E-state index in [0.29, 0.717) is 34.2 Å². The van der Waals surface area contributed by atoms with Crippen molar-refractivity contribution in [3.8, 4) is 0 Å². The first-order chi connectivity index (χ1) is 14.7. The molecular formula is C18H12ClN9OS. The van der Waals surface area contributed by atoms with Crippen molar-refractivity contribution in [2.24, 2.45) is 0 Å². The van der Waals surface area contributed by atoms with Gasteiger partial charge in [-0.2, -0.15) is 0 Å². The lowest BCUT2D eigenvalue weighted by molar-refractivity contribution is -0.110. The van der Waals surface area contributed by atoms with E-state index in [0.717, 1.165) is 21.7 Å². The van der Waals surface area contributed by atoms with Crippen molar-refractivity contribution in [3.63, 3.8) is 0 Å². The molecule has 10 nitrogen and oxygen atoms in total. The van der Waals surface area contributed by atoms with E-state index >= 15 is 0 Å². The van der Waals surface area contributed by atoms with Crippen LogP contribution < -0.4 is 5.32 Å². The Morgan fingerprint density at radius 3 is 2.47 bits per heavy atom. The van der Waals surface area contributed by atoms with Gasteiger partial charge in [0.1, 0.15) is 23.7 Å². The molecule has 0 amide bonds. The highest BCUT2D eigenvalue weighted by Crippen LogP contribution is 2.35. The van der Waals surface area contributed by atoms with E-state index < -0.39 is 0 Å². The minimum Gasteiger partial charge on any atom is -0.341 e. The number of thioether (sulfide) groups is 1. The zero-order chi connectivity index (χ0) is 20.5. The Bertz CT molecular complexity index is 1380. The Hall–Kier alpha value is -3.57. The molecule has 0 saturated heterocycles. The average Bonchev–Trinajstić information content (AvgIpc) is 3.47. The number of carbonyl (C=O) groups excluding carboxylic acids is 1. The van der Waals surface area contributed by atoms with Crippen LogP contribution in [0.2, 0.25) is 5.15 Å². The smallest absolute Gasteiger partial charge is 0.198 e. The lowest BCUT2D eigenvalue weighted by Gasteiger charge is -2.07. The number of hydrogen-bond acceptors (Lipinski definition) is 9. The van der Waals surface area contributed by atoms with Gasteiger partial charge in [-0.05, 0) is 17.7 Å². The van der Waals surface area contributed by atoms with Crippen LogP contribution in [0.15, 0.2) is 48.4 Å². The van der Waals surface area contributed by atoms with E-state index in [-0.39, 0.29) is 5.12 Å². The molecule has 0 spiro atoms. The summed E-state index contributed by atoms with van der Waals surface area (Å²) in [7, 11) is 0. The molecule has 1 aliphatic heterocycles. The SMILES string of the molecule is Clc1ncnc2nc[nH]c12.O=C1Cc2ccc(Nc3ncnc4nc[nH]c34)cc2S1. The molecule has 0 bridgehead atoms. The van der Waals surface area contributed by atoms with Gasteiger partial charge in [0.15, 0.2) is 27.4 Å². The molecule has 12 heteroatoms. The molecule has 0 radical (unpaired) electrons. The molecule has 30 heavy (non-hydrogen) atoms. The topological polar surface area (TPSA) is 138 Å².